The number of aliphatic hydroxyl groups is 4. The Morgan fingerprint density at radius 2 is 0.875 bits per heavy atom. The van der Waals surface area contributed by atoms with Crippen LogP contribution in [0.15, 0.2) is 48.6 Å². The summed E-state index contributed by atoms with van der Waals surface area (Å²) >= 11 is 0. The summed E-state index contributed by atoms with van der Waals surface area (Å²) < 4.78 is 22.3. The van der Waals surface area contributed by atoms with Gasteiger partial charge in [0.1, 0.15) is 31.0 Å². The Morgan fingerprint density at radius 3 is 1.31 bits per heavy atom. The van der Waals surface area contributed by atoms with E-state index in [9.17, 15) is 30.0 Å². The number of unbranched alkanes of at least 4 members (excludes halogenated alkanes) is 25. The van der Waals surface area contributed by atoms with Crippen LogP contribution in [0.25, 0.3) is 0 Å². The number of ether oxygens (including phenoxy) is 4. The maximum atomic E-state index is 12.8. The SMILES string of the molecule is CCCCCC/C=C\C/C=C\CCCCCCCCCC(=O)OCC(COC1OC(CO)C(O)C(O)C1O)OC(=O)CCCCCCCCCCC/C=C\C/C=C\CCCCCCC. The zero-order chi connectivity index (χ0) is 46.6. The smallest absolute Gasteiger partial charge is 0.306 e. The van der Waals surface area contributed by atoms with Crippen molar-refractivity contribution in [2.45, 2.75) is 263 Å². The first-order valence-corrected chi connectivity index (χ1v) is 26.2. The van der Waals surface area contributed by atoms with Crippen molar-refractivity contribution in [3.63, 3.8) is 0 Å². The highest BCUT2D eigenvalue weighted by Crippen LogP contribution is 2.23. The van der Waals surface area contributed by atoms with Gasteiger partial charge in [0.15, 0.2) is 12.4 Å². The van der Waals surface area contributed by atoms with Gasteiger partial charge in [-0.2, -0.15) is 0 Å². The summed E-state index contributed by atoms with van der Waals surface area (Å²) in [5, 5.41) is 40.2. The Labute approximate surface area is 390 Å². The molecule has 0 aliphatic carbocycles. The summed E-state index contributed by atoms with van der Waals surface area (Å²) in [4.78, 5) is 25.5. The number of hydrogen-bond donors (Lipinski definition) is 4. The molecular formula is C54H96O10. The lowest BCUT2D eigenvalue weighted by molar-refractivity contribution is -0.305. The first-order chi connectivity index (χ1) is 31.3. The standard InChI is InChI=1S/C54H96O10/c1-3-5-7-9-11-13-15-17-19-21-23-24-25-27-29-31-33-35-37-39-41-43-50(57)63-47(46-62-54-53(60)52(59)51(58)48(44-55)64-54)45-61-49(56)42-40-38-36-34-32-30-28-26-22-20-18-16-14-12-10-8-6-4-2/h14-17,20-23,47-48,51-55,58-60H,3-13,18-19,24-46H2,1-2H3/b16-14-,17-15-,22-20-,23-21-. The first-order valence-electron chi connectivity index (χ1n) is 26.2. The molecule has 1 aliphatic rings. The summed E-state index contributed by atoms with van der Waals surface area (Å²) in [5.74, 6) is -0.816. The lowest BCUT2D eigenvalue weighted by Gasteiger charge is -2.39. The van der Waals surface area contributed by atoms with Crippen LogP contribution in [0.2, 0.25) is 0 Å². The van der Waals surface area contributed by atoms with Crippen LogP contribution in [-0.4, -0.2) is 89.0 Å². The maximum absolute atomic E-state index is 12.8. The van der Waals surface area contributed by atoms with E-state index >= 15 is 0 Å². The van der Waals surface area contributed by atoms with Crippen LogP contribution in [0, 0.1) is 0 Å². The third-order valence-corrected chi connectivity index (χ3v) is 11.9. The fraction of sp³-hybridized carbons (Fsp3) is 0.815. The summed E-state index contributed by atoms with van der Waals surface area (Å²) in [5.41, 5.74) is 0. The molecule has 64 heavy (non-hydrogen) atoms. The number of carbonyl (C=O) groups excluding carboxylic acids is 2. The van der Waals surface area contributed by atoms with Crippen LogP contribution in [0.3, 0.4) is 0 Å². The predicted molar refractivity (Wildman–Crippen MR) is 261 cm³/mol. The van der Waals surface area contributed by atoms with Gasteiger partial charge in [-0.25, -0.2) is 0 Å². The van der Waals surface area contributed by atoms with Gasteiger partial charge in [-0.1, -0.05) is 184 Å². The maximum Gasteiger partial charge on any atom is 0.306 e. The third kappa shape index (κ3) is 34.9. The van der Waals surface area contributed by atoms with Crippen LogP contribution in [0.1, 0.15) is 226 Å². The molecule has 6 atom stereocenters. The molecule has 0 aromatic carbocycles. The number of allylic oxidation sites excluding steroid dienone is 8. The summed E-state index contributed by atoms with van der Waals surface area (Å²) in [6.45, 7) is 3.41. The number of hydrogen-bond acceptors (Lipinski definition) is 10. The number of carbonyl (C=O) groups is 2. The zero-order valence-corrected chi connectivity index (χ0v) is 40.8. The minimum absolute atomic E-state index is 0.223. The van der Waals surface area contributed by atoms with Crippen molar-refractivity contribution < 1.29 is 49.0 Å². The van der Waals surface area contributed by atoms with Gasteiger partial charge in [0.05, 0.1) is 13.2 Å². The molecule has 1 heterocycles. The first kappa shape index (κ1) is 59.7. The van der Waals surface area contributed by atoms with E-state index in [1.807, 2.05) is 0 Å². The molecule has 0 radical (unpaired) electrons. The van der Waals surface area contributed by atoms with E-state index in [0.29, 0.717) is 6.42 Å². The predicted octanol–water partition coefficient (Wildman–Crippen LogP) is 12.4. The summed E-state index contributed by atoms with van der Waals surface area (Å²) in [7, 11) is 0. The highest BCUT2D eigenvalue weighted by Gasteiger charge is 2.44. The zero-order valence-electron chi connectivity index (χ0n) is 40.8. The second-order valence-electron chi connectivity index (χ2n) is 18.0. The van der Waals surface area contributed by atoms with E-state index in [0.717, 1.165) is 70.6 Å². The van der Waals surface area contributed by atoms with Gasteiger partial charge in [0, 0.05) is 12.8 Å². The van der Waals surface area contributed by atoms with Crippen molar-refractivity contribution >= 4 is 11.9 Å². The molecule has 1 aliphatic heterocycles. The average Bonchev–Trinajstić information content (AvgIpc) is 3.29. The number of esters is 2. The van der Waals surface area contributed by atoms with Gasteiger partial charge in [0.25, 0.3) is 0 Å². The second kappa shape index (κ2) is 44.5. The van der Waals surface area contributed by atoms with Crippen molar-refractivity contribution in [2.75, 3.05) is 19.8 Å². The summed E-state index contributed by atoms with van der Waals surface area (Å²) in [6, 6.07) is 0. The van der Waals surface area contributed by atoms with Gasteiger partial charge in [-0.05, 0) is 77.0 Å². The molecule has 0 amide bonds. The number of rotatable bonds is 44. The van der Waals surface area contributed by atoms with E-state index in [4.69, 9.17) is 18.9 Å². The van der Waals surface area contributed by atoms with Gasteiger partial charge in [-0.15, -0.1) is 0 Å². The molecule has 0 spiro atoms. The van der Waals surface area contributed by atoms with Crippen LogP contribution < -0.4 is 0 Å². The molecule has 10 heteroatoms. The fourth-order valence-electron chi connectivity index (χ4n) is 7.78. The monoisotopic (exact) mass is 905 g/mol. The Kier molecular flexibility index (Phi) is 41.5. The molecular weight excluding hydrogens is 809 g/mol. The summed E-state index contributed by atoms with van der Waals surface area (Å²) in [6.07, 6.45) is 46.8. The third-order valence-electron chi connectivity index (χ3n) is 11.9. The Bertz CT molecular complexity index is 1180. The molecule has 0 aromatic heterocycles. The van der Waals surface area contributed by atoms with Crippen molar-refractivity contribution in [2.24, 2.45) is 0 Å². The van der Waals surface area contributed by atoms with Crippen LogP contribution in [0.5, 0.6) is 0 Å². The van der Waals surface area contributed by atoms with Crippen molar-refractivity contribution in [3.8, 4) is 0 Å². The molecule has 10 nitrogen and oxygen atoms in total. The van der Waals surface area contributed by atoms with E-state index in [1.165, 1.54) is 122 Å². The Hall–Kier alpha value is -2.34. The van der Waals surface area contributed by atoms with Crippen molar-refractivity contribution in [1.29, 1.82) is 0 Å². The van der Waals surface area contributed by atoms with E-state index < -0.39 is 49.4 Å². The van der Waals surface area contributed by atoms with Crippen molar-refractivity contribution in [3.05, 3.63) is 48.6 Å². The quantitative estimate of drug-likeness (QED) is 0.0264. The minimum Gasteiger partial charge on any atom is -0.462 e. The van der Waals surface area contributed by atoms with Gasteiger partial charge in [-0.3, -0.25) is 9.59 Å². The van der Waals surface area contributed by atoms with Crippen LogP contribution >= 0.6 is 0 Å². The lowest BCUT2D eigenvalue weighted by Crippen LogP contribution is -2.59. The fourth-order valence-corrected chi connectivity index (χ4v) is 7.78. The molecule has 0 aromatic rings. The average molecular weight is 905 g/mol. The topological polar surface area (TPSA) is 152 Å². The molecule has 0 bridgehead atoms. The highest BCUT2D eigenvalue weighted by atomic mass is 16.7. The van der Waals surface area contributed by atoms with Crippen LogP contribution in [-0.2, 0) is 28.5 Å². The normalized spacial score (nSPS) is 19.8. The van der Waals surface area contributed by atoms with E-state index in [1.54, 1.807) is 0 Å². The Morgan fingerprint density at radius 1 is 0.484 bits per heavy atom. The molecule has 4 N–H and O–H groups in total. The van der Waals surface area contributed by atoms with Crippen molar-refractivity contribution in [1.82, 2.24) is 0 Å². The molecule has 1 rings (SSSR count). The molecule has 6 unspecified atom stereocenters. The van der Waals surface area contributed by atoms with Crippen LogP contribution in [0.4, 0.5) is 0 Å². The molecule has 372 valence electrons. The lowest BCUT2D eigenvalue weighted by atomic mass is 9.99. The van der Waals surface area contributed by atoms with E-state index in [2.05, 4.69) is 62.5 Å². The Balaban J connectivity index is 2.27. The minimum atomic E-state index is -1.60. The highest BCUT2D eigenvalue weighted by molar-refractivity contribution is 5.70. The molecule has 0 saturated carbocycles. The second-order valence-corrected chi connectivity index (χ2v) is 18.0. The molecule has 1 fully saturated rings. The van der Waals surface area contributed by atoms with Gasteiger partial charge in [0.2, 0.25) is 0 Å². The van der Waals surface area contributed by atoms with Gasteiger partial charge < -0.3 is 39.4 Å². The number of aliphatic hydroxyl groups excluding tert-OH is 4. The van der Waals surface area contributed by atoms with E-state index in [-0.39, 0.29) is 32.0 Å². The van der Waals surface area contributed by atoms with Gasteiger partial charge >= 0.3 is 11.9 Å². The largest absolute Gasteiger partial charge is 0.462 e. The molecule has 1 saturated heterocycles.